The van der Waals surface area contributed by atoms with Gasteiger partial charge in [-0.15, -0.1) is 0 Å². The van der Waals surface area contributed by atoms with E-state index in [9.17, 15) is 28.8 Å². The van der Waals surface area contributed by atoms with Gasteiger partial charge in [-0.05, 0) is 49.1 Å². The third-order valence-corrected chi connectivity index (χ3v) is 9.67. The van der Waals surface area contributed by atoms with Gasteiger partial charge in [-0.25, -0.2) is 4.79 Å². The fraction of sp³-hybridized carbons (Fsp3) is 0.304. The lowest BCUT2D eigenvalue weighted by atomic mass is 10.00. The molecule has 5 amide bonds. The van der Waals surface area contributed by atoms with Crippen LogP contribution in [0.3, 0.4) is 0 Å². The van der Waals surface area contributed by atoms with Crippen LogP contribution in [0.25, 0.3) is 10.9 Å². The molecular formula is C46H52N6O8. The number of ether oxygens (including phenoxy) is 2. The monoisotopic (exact) mass is 816 g/mol. The molecule has 5 aromatic rings. The first kappa shape index (κ1) is 44.1. The van der Waals surface area contributed by atoms with Gasteiger partial charge in [0.2, 0.25) is 23.6 Å². The number of para-hydroxylation sites is 1. The zero-order valence-electron chi connectivity index (χ0n) is 34.2. The molecule has 60 heavy (non-hydrogen) atoms. The minimum atomic E-state index is -1.55. The van der Waals surface area contributed by atoms with Crippen molar-refractivity contribution >= 4 is 46.6 Å². The summed E-state index contributed by atoms with van der Waals surface area (Å²) in [7, 11) is 1.43. The number of nitrogens with one attached hydrogen (secondary N) is 4. The Morgan fingerprint density at radius 2 is 1.22 bits per heavy atom. The highest BCUT2D eigenvalue weighted by Crippen LogP contribution is 2.21. The number of aromatic amines is 1. The fourth-order valence-corrected chi connectivity index (χ4v) is 6.60. The molecule has 314 valence electrons. The number of rotatable bonds is 18. The van der Waals surface area contributed by atoms with E-state index in [2.05, 4.69) is 20.9 Å². The van der Waals surface area contributed by atoms with Crippen LogP contribution in [-0.4, -0.2) is 82.4 Å². The minimum Gasteiger partial charge on any atom is -0.461 e. The van der Waals surface area contributed by atoms with Gasteiger partial charge in [0.25, 0.3) is 0 Å². The highest BCUT2D eigenvalue weighted by molar-refractivity contribution is 5.97. The summed E-state index contributed by atoms with van der Waals surface area (Å²) in [6, 6.07) is 29.1. The number of aromatic nitrogens is 1. The Bertz CT molecular complexity index is 2240. The molecule has 0 aliphatic rings. The summed E-state index contributed by atoms with van der Waals surface area (Å²) < 4.78 is 11.0. The van der Waals surface area contributed by atoms with Crippen molar-refractivity contribution in [2.45, 2.75) is 82.8 Å². The molecule has 0 fully saturated rings. The molecule has 0 saturated carbocycles. The number of hydrogen-bond donors (Lipinski definition) is 5. The highest BCUT2D eigenvalue weighted by Gasteiger charge is 2.36. The number of esters is 1. The molecule has 14 heteroatoms. The van der Waals surface area contributed by atoms with E-state index < -0.39 is 71.9 Å². The highest BCUT2D eigenvalue weighted by atomic mass is 16.6. The summed E-state index contributed by atoms with van der Waals surface area (Å²) in [6.45, 7) is 5.02. The second-order valence-corrected chi connectivity index (χ2v) is 15.5. The number of nitrogens with two attached hydrogens (primary N) is 1. The third-order valence-electron chi connectivity index (χ3n) is 9.67. The van der Waals surface area contributed by atoms with Crippen molar-refractivity contribution in [2.75, 3.05) is 7.05 Å². The van der Waals surface area contributed by atoms with Crippen molar-refractivity contribution in [3.63, 3.8) is 0 Å². The number of fused-ring (bicyclic) bond motifs is 1. The minimum absolute atomic E-state index is 0.00807. The van der Waals surface area contributed by atoms with Crippen LogP contribution in [-0.2, 0) is 59.3 Å². The normalized spacial score (nSPS) is 13.2. The van der Waals surface area contributed by atoms with Crippen molar-refractivity contribution < 1.29 is 38.2 Å². The average molecular weight is 817 g/mol. The lowest BCUT2D eigenvalue weighted by molar-refractivity contribution is -0.148. The molecule has 1 heterocycles. The topological polar surface area (TPSA) is 202 Å². The Morgan fingerprint density at radius 3 is 1.82 bits per heavy atom. The summed E-state index contributed by atoms with van der Waals surface area (Å²) in [4.78, 5) is 86.7. The molecule has 0 aliphatic heterocycles. The number of nitrogens with zero attached hydrogens (tertiary/aromatic N) is 1. The maximum absolute atomic E-state index is 14.6. The number of H-pyrrole nitrogens is 1. The van der Waals surface area contributed by atoms with Gasteiger partial charge in [-0.1, -0.05) is 109 Å². The molecule has 0 saturated heterocycles. The summed E-state index contributed by atoms with van der Waals surface area (Å²) in [6.07, 6.45) is 0.403. The second-order valence-electron chi connectivity index (χ2n) is 15.5. The second kappa shape index (κ2) is 20.6. The van der Waals surface area contributed by atoms with E-state index in [1.165, 1.54) is 11.9 Å². The van der Waals surface area contributed by atoms with Crippen LogP contribution >= 0.6 is 0 Å². The molecule has 0 aliphatic carbocycles. The van der Waals surface area contributed by atoms with Gasteiger partial charge in [0, 0.05) is 43.4 Å². The SMILES string of the molecule is CN(C(=O)[C@@H](Cc1c[nH]c2ccccc12)NC(=O)OC(C)(C)C)[C@@H](Cc1ccccc1)C(=O)N[C@@H](CC(=O)OCc1ccccc1)C(=O)N[C@@H](Cc1ccccc1)C(N)=O. The molecule has 5 rings (SSSR count). The van der Waals surface area contributed by atoms with E-state index in [4.69, 9.17) is 15.2 Å². The number of hydrogen-bond acceptors (Lipinski definition) is 8. The molecular weight excluding hydrogens is 765 g/mol. The van der Waals surface area contributed by atoms with Gasteiger partial charge >= 0.3 is 12.1 Å². The predicted octanol–water partition coefficient (Wildman–Crippen LogP) is 4.50. The van der Waals surface area contributed by atoms with Gasteiger partial charge < -0.3 is 41.0 Å². The van der Waals surface area contributed by atoms with Gasteiger partial charge in [-0.2, -0.15) is 0 Å². The lowest BCUT2D eigenvalue weighted by Gasteiger charge is -2.32. The maximum atomic E-state index is 14.6. The predicted molar refractivity (Wildman–Crippen MR) is 226 cm³/mol. The first-order chi connectivity index (χ1) is 28.7. The molecule has 4 aromatic carbocycles. The Labute approximate surface area is 349 Å². The molecule has 0 bridgehead atoms. The van der Waals surface area contributed by atoms with E-state index >= 15 is 0 Å². The number of likely N-dealkylation sites (N-methyl/N-ethyl adjacent to an activating group) is 1. The van der Waals surface area contributed by atoms with Crippen molar-refractivity contribution in [3.05, 3.63) is 144 Å². The standard InChI is InChI=1S/C46H52N6O8/c1-46(2,3)60-45(58)51-38(26-33-28-48-35-23-15-14-22-34(33)35)44(57)52(4)39(25-31-18-10-6-11-19-31)43(56)50-37(27-40(53)59-29-32-20-12-7-13-21-32)42(55)49-36(41(47)54)24-30-16-8-5-9-17-30/h5-23,28,36-39,48H,24-27,29H2,1-4H3,(H2,47,54)(H,49,55)(H,50,56)(H,51,58)/t36-,37-,38+,39-/m0/s1. The van der Waals surface area contributed by atoms with Crippen LogP contribution in [0, 0.1) is 0 Å². The van der Waals surface area contributed by atoms with E-state index in [0.717, 1.165) is 22.0 Å². The van der Waals surface area contributed by atoms with Gasteiger partial charge in [0.05, 0.1) is 6.42 Å². The van der Waals surface area contributed by atoms with Crippen LogP contribution in [0.4, 0.5) is 4.79 Å². The van der Waals surface area contributed by atoms with Gasteiger partial charge in [0.1, 0.15) is 36.4 Å². The maximum Gasteiger partial charge on any atom is 0.408 e. The molecule has 1 aromatic heterocycles. The molecule has 0 spiro atoms. The van der Waals surface area contributed by atoms with Crippen molar-refractivity contribution in [2.24, 2.45) is 5.73 Å². The lowest BCUT2D eigenvalue weighted by Crippen LogP contribution is -2.59. The Morgan fingerprint density at radius 1 is 0.667 bits per heavy atom. The van der Waals surface area contributed by atoms with Crippen molar-refractivity contribution in [1.29, 1.82) is 0 Å². The zero-order chi connectivity index (χ0) is 43.2. The smallest absolute Gasteiger partial charge is 0.408 e. The van der Waals surface area contributed by atoms with Gasteiger partial charge in [0.15, 0.2) is 0 Å². The van der Waals surface area contributed by atoms with Crippen molar-refractivity contribution in [1.82, 2.24) is 25.8 Å². The molecule has 0 radical (unpaired) electrons. The molecule has 6 N–H and O–H groups in total. The first-order valence-corrected chi connectivity index (χ1v) is 19.7. The third kappa shape index (κ3) is 13.0. The molecule has 4 atom stereocenters. The largest absolute Gasteiger partial charge is 0.461 e. The van der Waals surface area contributed by atoms with E-state index in [0.29, 0.717) is 11.1 Å². The zero-order valence-corrected chi connectivity index (χ0v) is 34.2. The summed E-state index contributed by atoms with van der Waals surface area (Å²) in [5.41, 5.74) is 8.52. The molecule has 14 nitrogen and oxygen atoms in total. The van der Waals surface area contributed by atoms with Crippen LogP contribution in [0.15, 0.2) is 121 Å². The van der Waals surface area contributed by atoms with E-state index in [1.807, 2.05) is 30.3 Å². The number of benzene rings is 4. The number of alkyl carbamates (subject to hydrolysis) is 1. The van der Waals surface area contributed by atoms with Crippen LogP contribution in [0.2, 0.25) is 0 Å². The summed E-state index contributed by atoms with van der Waals surface area (Å²) in [5.74, 6) is -3.90. The Hall–Kier alpha value is -6.96. The van der Waals surface area contributed by atoms with Crippen molar-refractivity contribution in [3.8, 4) is 0 Å². The Kier molecular flexibility index (Phi) is 15.2. The number of carbonyl (C=O) groups is 6. The first-order valence-electron chi connectivity index (χ1n) is 19.7. The molecule has 0 unspecified atom stereocenters. The van der Waals surface area contributed by atoms with Crippen LogP contribution in [0.5, 0.6) is 0 Å². The van der Waals surface area contributed by atoms with Crippen LogP contribution < -0.4 is 21.7 Å². The van der Waals surface area contributed by atoms with E-state index in [1.54, 1.807) is 112 Å². The number of amides is 5. The number of carbonyl (C=O) groups excluding carboxylic acids is 6. The van der Waals surface area contributed by atoms with E-state index in [-0.39, 0.29) is 25.9 Å². The Balaban J connectivity index is 1.44. The summed E-state index contributed by atoms with van der Waals surface area (Å²) in [5, 5.41) is 8.84. The number of primary amides is 1. The summed E-state index contributed by atoms with van der Waals surface area (Å²) >= 11 is 0. The fourth-order valence-electron chi connectivity index (χ4n) is 6.60. The van der Waals surface area contributed by atoms with Crippen LogP contribution in [0.1, 0.15) is 49.4 Å². The average Bonchev–Trinajstić information content (AvgIpc) is 3.63. The van der Waals surface area contributed by atoms with Gasteiger partial charge in [-0.3, -0.25) is 24.0 Å². The quantitative estimate of drug-likeness (QED) is 0.0796.